The normalized spacial score (nSPS) is 12.6. The Bertz CT molecular complexity index is 612. The van der Waals surface area contributed by atoms with Gasteiger partial charge in [-0.15, -0.1) is 0 Å². The van der Waals surface area contributed by atoms with Crippen LogP contribution in [-0.4, -0.2) is 38.1 Å². The number of carbonyl (C=O) groups excluding carboxylic acids is 3. The minimum absolute atomic E-state index is 0.357. The van der Waals surface area contributed by atoms with Crippen molar-refractivity contribution in [2.45, 2.75) is 32.3 Å². The molecular formula is C18H24Cl2N2O5. The van der Waals surface area contributed by atoms with Gasteiger partial charge in [0.05, 0.1) is 6.61 Å². The first-order valence-electron chi connectivity index (χ1n) is 8.15. The maximum absolute atomic E-state index is 11.6. The van der Waals surface area contributed by atoms with Crippen molar-refractivity contribution in [2.75, 3.05) is 19.0 Å². The van der Waals surface area contributed by atoms with Crippen molar-refractivity contribution in [3.05, 3.63) is 40.4 Å². The van der Waals surface area contributed by atoms with Crippen molar-refractivity contribution < 1.29 is 23.9 Å². The molecule has 9 heteroatoms. The van der Waals surface area contributed by atoms with Crippen LogP contribution in [0.15, 0.2) is 30.4 Å². The summed E-state index contributed by atoms with van der Waals surface area (Å²) in [5, 5.41) is 3.15. The highest BCUT2D eigenvalue weighted by Crippen LogP contribution is 2.22. The Balaban J connectivity index is 0.000000548. The molecule has 0 fully saturated rings. The largest absolute Gasteiger partial charge is 0.468 e. The molecule has 0 bridgehead atoms. The molecule has 2 amide bonds. The predicted molar refractivity (Wildman–Crippen MR) is 106 cm³/mol. The van der Waals surface area contributed by atoms with Gasteiger partial charge in [0.2, 0.25) is 6.10 Å². The van der Waals surface area contributed by atoms with Crippen LogP contribution < -0.4 is 11.1 Å². The van der Waals surface area contributed by atoms with Crippen LogP contribution in [0, 0.1) is 0 Å². The van der Waals surface area contributed by atoms with Gasteiger partial charge in [0, 0.05) is 22.8 Å². The van der Waals surface area contributed by atoms with Crippen molar-refractivity contribution >= 4 is 47.2 Å². The van der Waals surface area contributed by atoms with Gasteiger partial charge in [-0.2, -0.15) is 0 Å². The second kappa shape index (κ2) is 15.0. The number of methoxy groups -OCH3 is 1. The summed E-state index contributed by atoms with van der Waals surface area (Å²) in [6.07, 6.45) is 7.15. The molecule has 1 aromatic carbocycles. The van der Waals surface area contributed by atoms with Crippen LogP contribution in [0.2, 0.25) is 10.0 Å². The lowest BCUT2D eigenvalue weighted by molar-refractivity contribution is -0.138. The van der Waals surface area contributed by atoms with E-state index in [0.717, 1.165) is 0 Å². The molecule has 1 aromatic rings. The molecule has 0 saturated carbocycles. The SMILES string of the molecule is C1=CCCC1.CCOC=O.COC(C(N)=O)C(=O)Nc1cc(Cl)cc(Cl)c1. The van der Waals surface area contributed by atoms with Gasteiger partial charge < -0.3 is 20.5 Å². The molecule has 0 radical (unpaired) electrons. The number of halogens is 2. The smallest absolute Gasteiger partial charge is 0.293 e. The maximum atomic E-state index is 11.6. The molecule has 1 aliphatic rings. The standard InChI is InChI=1S/C10H10Cl2N2O3.C5H8.C3H6O2/c1-17-8(9(13)15)10(16)14-7-3-5(11)2-6(12)4-7;1-2-4-5-3-1;1-2-5-3-4/h2-4,8H,1H3,(H2,13,15)(H,14,16);1-2H,3-5H2;3H,2H2,1H3. The van der Waals surface area contributed by atoms with E-state index in [4.69, 9.17) is 28.9 Å². The summed E-state index contributed by atoms with van der Waals surface area (Å²) >= 11 is 11.5. The highest BCUT2D eigenvalue weighted by molar-refractivity contribution is 6.35. The molecule has 2 rings (SSSR count). The molecule has 3 N–H and O–H groups in total. The second-order valence-corrected chi connectivity index (χ2v) is 5.99. The van der Waals surface area contributed by atoms with E-state index < -0.39 is 17.9 Å². The average Bonchev–Trinajstić information content (AvgIpc) is 3.15. The molecule has 27 heavy (non-hydrogen) atoms. The predicted octanol–water partition coefficient (Wildman–Crippen LogP) is 3.34. The number of hydrogen-bond acceptors (Lipinski definition) is 5. The summed E-state index contributed by atoms with van der Waals surface area (Å²) in [7, 11) is 1.21. The minimum Gasteiger partial charge on any atom is -0.468 e. The van der Waals surface area contributed by atoms with E-state index in [1.54, 1.807) is 6.92 Å². The molecule has 0 spiro atoms. The molecule has 0 saturated heterocycles. The summed E-state index contributed by atoms with van der Waals surface area (Å²) < 4.78 is 8.81. The van der Waals surface area contributed by atoms with Crippen LogP contribution in [-0.2, 0) is 23.9 Å². The molecular weight excluding hydrogens is 395 g/mol. The number of ether oxygens (including phenoxy) is 2. The van der Waals surface area contributed by atoms with Gasteiger partial charge in [-0.1, -0.05) is 35.4 Å². The number of rotatable bonds is 6. The van der Waals surface area contributed by atoms with Gasteiger partial charge in [0.1, 0.15) is 0 Å². The molecule has 1 atom stereocenters. The zero-order chi connectivity index (χ0) is 20.7. The summed E-state index contributed by atoms with van der Waals surface area (Å²) in [5.41, 5.74) is 5.34. The number of benzene rings is 1. The van der Waals surface area contributed by atoms with Crippen molar-refractivity contribution in [2.24, 2.45) is 5.73 Å². The minimum atomic E-state index is -1.35. The molecule has 1 unspecified atom stereocenters. The van der Waals surface area contributed by atoms with Gasteiger partial charge in [-0.05, 0) is 44.4 Å². The summed E-state index contributed by atoms with van der Waals surface area (Å²) in [6.45, 7) is 2.66. The summed E-state index contributed by atoms with van der Waals surface area (Å²) in [6, 6.07) is 4.48. The van der Waals surface area contributed by atoms with Gasteiger partial charge in [0.25, 0.3) is 18.3 Å². The Morgan fingerprint density at radius 2 is 1.78 bits per heavy atom. The summed E-state index contributed by atoms with van der Waals surface area (Å²) in [5.74, 6) is -1.56. The number of amides is 2. The first-order chi connectivity index (χ1) is 12.8. The third kappa shape index (κ3) is 12.0. The fourth-order valence-electron chi connectivity index (χ4n) is 1.84. The number of allylic oxidation sites excluding steroid dienone is 2. The maximum Gasteiger partial charge on any atom is 0.293 e. The summed E-state index contributed by atoms with van der Waals surface area (Å²) in [4.78, 5) is 31.6. The van der Waals surface area contributed by atoms with Gasteiger partial charge in [-0.25, -0.2) is 0 Å². The van der Waals surface area contributed by atoms with Crippen molar-refractivity contribution in [3.63, 3.8) is 0 Å². The Hall–Kier alpha value is -2.09. The fraction of sp³-hybridized carbons (Fsp3) is 0.389. The van der Waals surface area contributed by atoms with Crippen LogP contribution in [0.4, 0.5) is 5.69 Å². The highest BCUT2D eigenvalue weighted by atomic mass is 35.5. The van der Waals surface area contributed by atoms with E-state index in [9.17, 15) is 14.4 Å². The Kier molecular flexibility index (Phi) is 13.9. The lowest BCUT2D eigenvalue weighted by Crippen LogP contribution is -2.40. The Morgan fingerprint density at radius 3 is 2.07 bits per heavy atom. The molecule has 0 aromatic heterocycles. The molecule has 0 heterocycles. The second-order valence-electron chi connectivity index (χ2n) is 5.12. The number of anilines is 1. The van der Waals surface area contributed by atoms with Gasteiger partial charge in [0.15, 0.2) is 0 Å². The quantitative estimate of drug-likeness (QED) is 0.418. The molecule has 150 valence electrons. The van der Waals surface area contributed by atoms with E-state index in [2.05, 4.69) is 26.9 Å². The number of primary amides is 1. The molecule has 7 nitrogen and oxygen atoms in total. The van der Waals surface area contributed by atoms with Gasteiger partial charge in [-0.3, -0.25) is 14.4 Å². The number of nitrogens with two attached hydrogens (primary N) is 1. The van der Waals surface area contributed by atoms with E-state index in [1.165, 1.54) is 44.6 Å². The highest BCUT2D eigenvalue weighted by Gasteiger charge is 2.23. The first-order valence-corrected chi connectivity index (χ1v) is 8.90. The zero-order valence-electron chi connectivity index (χ0n) is 15.2. The van der Waals surface area contributed by atoms with Crippen molar-refractivity contribution in [3.8, 4) is 0 Å². The van der Waals surface area contributed by atoms with Crippen LogP contribution in [0.1, 0.15) is 26.2 Å². The first kappa shape index (κ1) is 24.9. The van der Waals surface area contributed by atoms with Crippen LogP contribution in [0.3, 0.4) is 0 Å². The number of hydrogen-bond donors (Lipinski definition) is 2. The van der Waals surface area contributed by atoms with E-state index in [0.29, 0.717) is 28.8 Å². The van der Waals surface area contributed by atoms with E-state index in [-0.39, 0.29) is 0 Å². The van der Waals surface area contributed by atoms with Crippen LogP contribution in [0.5, 0.6) is 0 Å². The third-order valence-electron chi connectivity index (χ3n) is 3.01. The monoisotopic (exact) mass is 418 g/mol. The van der Waals surface area contributed by atoms with Crippen molar-refractivity contribution in [1.82, 2.24) is 0 Å². The van der Waals surface area contributed by atoms with Gasteiger partial charge >= 0.3 is 0 Å². The number of carbonyl (C=O) groups is 3. The van der Waals surface area contributed by atoms with Crippen LogP contribution >= 0.6 is 23.2 Å². The molecule has 0 aliphatic heterocycles. The average molecular weight is 419 g/mol. The Morgan fingerprint density at radius 1 is 1.22 bits per heavy atom. The third-order valence-corrected chi connectivity index (χ3v) is 3.44. The van der Waals surface area contributed by atoms with Crippen LogP contribution in [0.25, 0.3) is 0 Å². The topological polar surface area (TPSA) is 108 Å². The zero-order valence-corrected chi connectivity index (χ0v) is 16.8. The van der Waals surface area contributed by atoms with E-state index in [1.807, 2.05) is 0 Å². The molecule has 1 aliphatic carbocycles. The number of nitrogens with one attached hydrogen (secondary N) is 1. The van der Waals surface area contributed by atoms with E-state index >= 15 is 0 Å². The Labute approximate surface area is 168 Å². The lowest BCUT2D eigenvalue weighted by Gasteiger charge is -2.12. The lowest BCUT2D eigenvalue weighted by atomic mass is 10.2. The fourth-order valence-corrected chi connectivity index (χ4v) is 2.37. The van der Waals surface area contributed by atoms with Crippen molar-refractivity contribution in [1.29, 1.82) is 0 Å².